The number of hydrogen-bond donors (Lipinski definition) is 1. The average molecular weight is 115 g/mol. The predicted octanol–water partition coefficient (Wildman–Crippen LogP) is -1.06. The predicted molar refractivity (Wildman–Crippen MR) is 31.4 cm³/mol. The molecule has 1 heterocycles. The maximum absolute atomic E-state index is 4.99. The Kier molecular flexibility index (Phi) is 1.86. The van der Waals surface area contributed by atoms with Crippen molar-refractivity contribution >= 4 is 0 Å². The van der Waals surface area contributed by atoms with Crippen LogP contribution in [-0.4, -0.2) is 26.8 Å². The number of ether oxygens (including phenoxy) is 1. The molecule has 1 N–H and O–H groups in total. The van der Waals surface area contributed by atoms with Crippen LogP contribution in [0.3, 0.4) is 0 Å². The lowest BCUT2D eigenvalue weighted by molar-refractivity contribution is -0.837. The van der Waals surface area contributed by atoms with E-state index in [1.807, 2.05) is 0 Å². The first-order valence-electron chi connectivity index (χ1n) is 3.01. The van der Waals surface area contributed by atoms with Crippen LogP contribution in [-0.2, 0) is 4.74 Å². The highest BCUT2D eigenvalue weighted by Gasteiger charge is 2.19. The lowest BCUT2D eigenvalue weighted by Crippen LogP contribution is -3.04. The third-order valence-electron chi connectivity index (χ3n) is 1.34. The SMILES string of the molecule is [CH2-][NH+](C)CC1COC1. The zero-order valence-corrected chi connectivity index (χ0v) is 5.31. The molecule has 0 aliphatic carbocycles. The number of nitrogens with one attached hydrogen (secondary N) is 1. The molecule has 1 saturated heterocycles. The summed E-state index contributed by atoms with van der Waals surface area (Å²) >= 11 is 0. The normalized spacial score (nSPS) is 24.8. The molecule has 0 amide bonds. The minimum absolute atomic E-state index is 0.785. The van der Waals surface area contributed by atoms with Gasteiger partial charge in [-0.05, 0) is 0 Å². The second-order valence-electron chi connectivity index (χ2n) is 2.56. The molecule has 0 spiro atoms. The van der Waals surface area contributed by atoms with Crippen LogP contribution in [0.1, 0.15) is 0 Å². The third-order valence-corrected chi connectivity index (χ3v) is 1.34. The van der Waals surface area contributed by atoms with Gasteiger partial charge >= 0.3 is 0 Å². The Hall–Kier alpha value is -0.0800. The van der Waals surface area contributed by atoms with E-state index in [2.05, 4.69) is 14.1 Å². The zero-order valence-electron chi connectivity index (χ0n) is 5.31. The monoisotopic (exact) mass is 115 g/mol. The Labute approximate surface area is 50.4 Å². The van der Waals surface area contributed by atoms with E-state index in [0.29, 0.717) is 0 Å². The molecular weight excluding hydrogens is 102 g/mol. The molecule has 0 bridgehead atoms. The average Bonchev–Trinajstić information content (AvgIpc) is 1.55. The Morgan fingerprint density at radius 2 is 2.38 bits per heavy atom. The van der Waals surface area contributed by atoms with Crippen molar-refractivity contribution in [1.82, 2.24) is 0 Å². The summed E-state index contributed by atoms with van der Waals surface area (Å²) in [5.41, 5.74) is 0. The summed E-state index contributed by atoms with van der Waals surface area (Å²) in [5.74, 6) is 0.785. The van der Waals surface area contributed by atoms with Gasteiger partial charge in [0.25, 0.3) is 0 Å². The minimum atomic E-state index is 0.785. The Morgan fingerprint density at radius 1 is 1.75 bits per heavy atom. The fourth-order valence-corrected chi connectivity index (χ4v) is 0.895. The second kappa shape index (κ2) is 2.46. The molecule has 1 rings (SSSR count). The first-order valence-corrected chi connectivity index (χ1v) is 3.01. The molecule has 1 unspecified atom stereocenters. The lowest BCUT2D eigenvalue weighted by atomic mass is 10.1. The molecule has 1 atom stereocenters. The van der Waals surface area contributed by atoms with Crippen LogP contribution in [0, 0.1) is 13.0 Å². The van der Waals surface area contributed by atoms with Gasteiger partial charge in [0.05, 0.1) is 25.7 Å². The molecule has 0 aromatic heterocycles. The van der Waals surface area contributed by atoms with E-state index in [1.54, 1.807) is 0 Å². The van der Waals surface area contributed by atoms with Crippen LogP contribution < -0.4 is 4.90 Å². The van der Waals surface area contributed by atoms with Crippen LogP contribution in [0.2, 0.25) is 0 Å². The molecule has 1 aliphatic heterocycles. The molecular formula is C6H13NO. The van der Waals surface area contributed by atoms with E-state index in [0.717, 1.165) is 25.7 Å². The molecule has 0 radical (unpaired) electrons. The number of rotatable bonds is 2. The summed E-state index contributed by atoms with van der Waals surface area (Å²) in [6.45, 7) is 3.06. The van der Waals surface area contributed by atoms with E-state index < -0.39 is 0 Å². The van der Waals surface area contributed by atoms with Crippen molar-refractivity contribution in [2.45, 2.75) is 0 Å². The fourth-order valence-electron chi connectivity index (χ4n) is 0.895. The van der Waals surface area contributed by atoms with Crippen LogP contribution in [0.5, 0.6) is 0 Å². The van der Waals surface area contributed by atoms with Gasteiger partial charge in [-0.25, -0.2) is 0 Å². The summed E-state index contributed by atoms with van der Waals surface area (Å²) < 4.78 is 4.99. The second-order valence-corrected chi connectivity index (χ2v) is 2.56. The van der Waals surface area contributed by atoms with Gasteiger partial charge in [-0.1, -0.05) is 0 Å². The zero-order chi connectivity index (χ0) is 5.98. The van der Waals surface area contributed by atoms with Crippen molar-refractivity contribution in [2.24, 2.45) is 5.92 Å². The van der Waals surface area contributed by atoms with Crippen LogP contribution in [0.25, 0.3) is 0 Å². The van der Waals surface area contributed by atoms with Crippen molar-refractivity contribution in [1.29, 1.82) is 0 Å². The smallest absolute Gasteiger partial charge is 0.0601 e. The summed E-state index contributed by atoms with van der Waals surface area (Å²) in [6.07, 6.45) is 0. The van der Waals surface area contributed by atoms with Crippen molar-refractivity contribution in [3.05, 3.63) is 7.05 Å². The van der Waals surface area contributed by atoms with E-state index in [9.17, 15) is 0 Å². The Morgan fingerprint density at radius 3 is 2.50 bits per heavy atom. The maximum Gasteiger partial charge on any atom is 0.0601 e. The molecule has 1 fully saturated rings. The van der Waals surface area contributed by atoms with Gasteiger partial charge < -0.3 is 9.64 Å². The van der Waals surface area contributed by atoms with Crippen molar-refractivity contribution in [3.63, 3.8) is 0 Å². The largest absolute Gasteiger partial charge is 0.470 e. The number of hydrogen-bond acceptors (Lipinski definition) is 1. The highest BCUT2D eigenvalue weighted by molar-refractivity contribution is 4.62. The Bertz CT molecular complexity index is 68.9. The lowest BCUT2D eigenvalue weighted by Gasteiger charge is -2.29. The van der Waals surface area contributed by atoms with Gasteiger partial charge in [-0.15, -0.1) is 0 Å². The highest BCUT2D eigenvalue weighted by Crippen LogP contribution is 2.05. The molecule has 0 saturated carbocycles. The van der Waals surface area contributed by atoms with Gasteiger partial charge in [-0.3, -0.25) is 0 Å². The molecule has 1 aliphatic rings. The van der Waals surface area contributed by atoms with E-state index in [4.69, 9.17) is 4.74 Å². The Balaban J connectivity index is 2.01. The van der Waals surface area contributed by atoms with E-state index in [1.165, 1.54) is 4.90 Å². The van der Waals surface area contributed by atoms with Crippen LogP contribution >= 0.6 is 0 Å². The molecule has 8 heavy (non-hydrogen) atoms. The number of quaternary nitrogens is 1. The highest BCUT2D eigenvalue weighted by atomic mass is 16.5. The summed E-state index contributed by atoms with van der Waals surface area (Å²) in [5, 5.41) is 0. The van der Waals surface area contributed by atoms with Crippen LogP contribution in [0.15, 0.2) is 0 Å². The summed E-state index contributed by atoms with van der Waals surface area (Å²) in [6, 6.07) is 0. The quantitative estimate of drug-likeness (QED) is 0.453. The van der Waals surface area contributed by atoms with Crippen molar-refractivity contribution in [3.8, 4) is 0 Å². The molecule has 0 aromatic carbocycles. The first kappa shape index (κ1) is 6.05. The standard InChI is InChI=1S/C6H13NO/c1-7(2)3-6-4-8-5-6/h6-7H,1,3-5H2,2H3. The van der Waals surface area contributed by atoms with Gasteiger partial charge in [0.15, 0.2) is 0 Å². The van der Waals surface area contributed by atoms with Gasteiger partial charge in [0.1, 0.15) is 0 Å². The molecule has 0 aromatic rings. The molecule has 48 valence electrons. The third kappa shape index (κ3) is 1.46. The van der Waals surface area contributed by atoms with Gasteiger partial charge in [-0.2, -0.15) is 7.05 Å². The van der Waals surface area contributed by atoms with Crippen LogP contribution in [0.4, 0.5) is 0 Å². The molecule has 2 nitrogen and oxygen atoms in total. The fraction of sp³-hybridized carbons (Fsp3) is 0.833. The van der Waals surface area contributed by atoms with Gasteiger partial charge in [0, 0.05) is 7.05 Å². The van der Waals surface area contributed by atoms with E-state index in [-0.39, 0.29) is 0 Å². The van der Waals surface area contributed by atoms with Crippen molar-refractivity contribution in [2.75, 3.05) is 26.8 Å². The van der Waals surface area contributed by atoms with Gasteiger partial charge in [0.2, 0.25) is 0 Å². The van der Waals surface area contributed by atoms with Crippen molar-refractivity contribution < 1.29 is 9.64 Å². The summed E-state index contributed by atoms with van der Waals surface area (Å²) in [4.78, 5) is 1.28. The van der Waals surface area contributed by atoms with E-state index >= 15 is 0 Å². The first-order chi connectivity index (χ1) is 3.79. The summed E-state index contributed by atoms with van der Waals surface area (Å²) in [7, 11) is 5.89. The maximum atomic E-state index is 4.99. The molecule has 2 heteroatoms. The topological polar surface area (TPSA) is 13.7 Å². The minimum Gasteiger partial charge on any atom is -0.470 e.